The van der Waals surface area contributed by atoms with Crippen molar-refractivity contribution < 1.29 is 15.0 Å². The minimum Gasteiger partial charge on any atom is -0.508 e. The molecule has 1 saturated heterocycles. The van der Waals surface area contributed by atoms with E-state index in [0.29, 0.717) is 18.5 Å². The average molecular weight is 207 g/mol. The fourth-order valence-electron chi connectivity index (χ4n) is 2.04. The van der Waals surface area contributed by atoms with Gasteiger partial charge in [-0.05, 0) is 37.1 Å². The number of benzene rings is 1. The van der Waals surface area contributed by atoms with Gasteiger partial charge in [0, 0.05) is 0 Å². The summed E-state index contributed by atoms with van der Waals surface area (Å²) in [6, 6.07) is 6.34. The first kappa shape index (κ1) is 9.98. The molecule has 15 heavy (non-hydrogen) atoms. The van der Waals surface area contributed by atoms with Crippen molar-refractivity contribution in [1.82, 2.24) is 5.32 Å². The molecule has 1 heterocycles. The molecule has 0 radical (unpaired) electrons. The first-order valence-corrected chi connectivity index (χ1v) is 4.93. The van der Waals surface area contributed by atoms with Gasteiger partial charge in [0.05, 0.1) is 0 Å². The van der Waals surface area contributed by atoms with Crippen LogP contribution in [0.5, 0.6) is 5.75 Å². The van der Waals surface area contributed by atoms with E-state index < -0.39 is 11.5 Å². The van der Waals surface area contributed by atoms with Crippen molar-refractivity contribution in [3.8, 4) is 5.75 Å². The third kappa shape index (κ3) is 1.57. The summed E-state index contributed by atoms with van der Waals surface area (Å²) in [5.41, 5.74) is -0.265. The highest BCUT2D eigenvalue weighted by Gasteiger charge is 2.42. The summed E-state index contributed by atoms with van der Waals surface area (Å²) in [4.78, 5) is 11.3. The van der Waals surface area contributed by atoms with Crippen LogP contribution in [0.15, 0.2) is 24.3 Å². The normalized spacial score (nSPS) is 25.3. The Bertz CT molecular complexity index is 366. The number of carboxylic acid groups (broad SMARTS) is 1. The van der Waals surface area contributed by atoms with Crippen LogP contribution in [0.2, 0.25) is 0 Å². The van der Waals surface area contributed by atoms with Gasteiger partial charge in [-0.2, -0.15) is 0 Å². The fraction of sp³-hybridized carbons (Fsp3) is 0.364. The SMILES string of the molecule is O=C(O)[C@]1(c2ccc(O)cc2)CCCN1. The van der Waals surface area contributed by atoms with E-state index >= 15 is 0 Å². The minimum absolute atomic E-state index is 0.150. The van der Waals surface area contributed by atoms with Crippen molar-refractivity contribution in [1.29, 1.82) is 0 Å². The summed E-state index contributed by atoms with van der Waals surface area (Å²) in [6.07, 6.45) is 1.44. The lowest BCUT2D eigenvalue weighted by Crippen LogP contribution is -2.44. The van der Waals surface area contributed by atoms with E-state index in [9.17, 15) is 9.90 Å². The molecule has 0 unspecified atom stereocenters. The molecule has 4 nitrogen and oxygen atoms in total. The molecule has 1 aliphatic heterocycles. The Morgan fingerprint density at radius 1 is 1.33 bits per heavy atom. The first-order valence-electron chi connectivity index (χ1n) is 4.93. The van der Waals surface area contributed by atoms with E-state index in [-0.39, 0.29) is 5.75 Å². The zero-order valence-corrected chi connectivity index (χ0v) is 8.23. The Kier molecular flexibility index (Phi) is 2.36. The minimum atomic E-state index is -0.965. The molecule has 0 bridgehead atoms. The van der Waals surface area contributed by atoms with Gasteiger partial charge >= 0.3 is 5.97 Å². The number of phenols is 1. The molecule has 1 aliphatic rings. The van der Waals surface area contributed by atoms with E-state index in [1.165, 1.54) is 12.1 Å². The lowest BCUT2D eigenvalue weighted by molar-refractivity contribution is -0.144. The molecule has 80 valence electrons. The smallest absolute Gasteiger partial charge is 0.328 e. The van der Waals surface area contributed by atoms with Crippen LogP contribution in [-0.4, -0.2) is 22.7 Å². The number of phenolic OH excluding ortho intramolecular Hbond substituents is 1. The van der Waals surface area contributed by atoms with Crippen molar-refractivity contribution in [3.63, 3.8) is 0 Å². The predicted molar refractivity (Wildman–Crippen MR) is 54.7 cm³/mol. The predicted octanol–water partition coefficient (Wildman–Crippen LogP) is 1.06. The molecule has 1 aromatic rings. The third-order valence-electron chi connectivity index (χ3n) is 2.88. The van der Waals surface area contributed by atoms with E-state index in [2.05, 4.69) is 5.32 Å². The molecule has 1 fully saturated rings. The molecular formula is C11H13NO3. The van der Waals surface area contributed by atoms with Crippen molar-refractivity contribution in [2.24, 2.45) is 0 Å². The Hall–Kier alpha value is -1.55. The van der Waals surface area contributed by atoms with Gasteiger partial charge in [-0.1, -0.05) is 12.1 Å². The molecule has 0 aliphatic carbocycles. The second kappa shape index (κ2) is 3.55. The molecule has 3 N–H and O–H groups in total. The van der Waals surface area contributed by atoms with Gasteiger partial charge in [0.25, 0.3) is 0 Å². The summed E-state index contributed by atoms with van der Waals surface area (Å²) in [6.45, 7) is 0.715. The van der Waals surface area contributed by atoms with Crippen LogP contribution in [0, 0.1) is 0 Å². The zero-order chi connectivity index (χ0) is 10.9. The van der Waals surface area contributed by atoms with Crippen LogP contribution >= 0.6 is 0 Å². The van der Waals surface area contributed by atoms with Crippen molar-refractivity contribution >= 4 is 5.97 Å². The van der Waals surface area contributed by atoms with E-state index in [1.807, 2.05) is 0 Å². The summed E-state index contributed by atoms with van der Waals surface area (Å²) >= 11 is 0. The number of aromatic hydroxyl groups is 1. The molecule has 0 saturated carbocycles. The second-order valence-corrected chi connectivity index (χ2v) is 3.79. The Morgan fingerprint density at radius 2 is 2.00 bits per heavy atom. The molecule has 1 atom stereocenters. The van der Waals surface area contributed by atoms with Gasteiger partial charge in [-0.3, -0.25) is 5.32 Å². The van der Waals surface area contributed by atoms with Crippen molar-refractivity contribution in [2.45, 2.75) is 18.4 Å². The summed E-state index contributed by atoms with van der Waals surface area (Å²) in [5.74, 6) is -0.706. The van der Waals surface area contributed by atoms with Crippen LogP contribution < -0.4 is 5.32 Å². The summed E-state index contributed by atoms with van der Waals surface area (Å²) in [5, 5.41) is 21.4. The molecule has 0 spiro atoms. The Morgan fingerprint density at radius 3 is 2.47 bits per heavy atom. The topological polar surface area (TPSA) is 69.6 Å². The van der Waals surface area contributed by atoms with Gasteiger partial charge in [0.1, 0.15) is 11.3 Å². The van der Waals surface area contributed by atoms with Crippen molar-refractivity contribution in [3.05, 3.63) is 29.8 Å². The van der Waals surface area contributed by atoms with Crippen LogP contribution in [0.25, 0.3) is 0 Å². The van der Waals surface area contributed by atoms with Crippen LogP contribution in [0.3, 0.4) is 0 Å². The largest absolute Gasteiger partial charge is 0.508 e. The maximum atomic E-state index is 11.3. The lowest BCUT2D eigenvalue weighted by atomic mass is 9.88. The number of aliphatic carboxylic acids is 1. The number of carbonyl (C=O) groups is 1. The average Bonchev–Trinajstić information content (AvgIpc) is 2.69. The Labute approximate surface area is 87.6 Å². The number of rotatable bonds is 2. The molecular weight excluding hydrogens is 194 g/mol. The quantitative estimate of drug-likeness (QED) is 0.678. The monoisotopic (exact) mass is 207 g/mol. The molecule has 0 aromatic heterocycles. The summed E-state index contributed by atoms with van der Waals surface area (Å²) in [7, 11) is 0. The van der Waals surface area contributed by atoms with Gasteiger partial charge in [0.2, 0.25) is 0 Å². The van der Waals surface area contributed by atoms with Gasteiger partial charge < -0.3 is 10.2 Å². The van der Waals surface area contributed by atoms with Crippen LogP contribution in [0.4, 0.5) is 0 Å². The Balaban J connectivity index is 2.41. The van der Waals surface area contributed by atoms with Gasteiger partial charge in [-0.25, -0.2) is 4.79 Å². The molecule has 0 amide bonds. The van der Waals surface area contributed by atoms with Crippen LogP contribution in [0.1, 0.15) is 18.4 Å². The fourth-order valence-corrected chi connectivity index (χ4v) is 2.04. The van der Waals surface area contributed by atoms with E-state index in [4.69, 9.17) is 5.11 Å². The maximum absolute atomic E-state index is 11.3. The highest BCUT2D eigenvalue weighted by Crippen LogP contribution is 2.31. The number of hydrogen-bond donors (Lipinski definition) is 3. The number of carboxylic acids is 1. The number of hydrogen-bond acceptors (Lipinski definition) is 3. The standard InChI is InChI=1S/C11H13NO3/c13-9-4-2-8(3-5-9)11(10(14)15)6-1-7-12-11/h2-5,12-13H,1,6-7H2,(H,14,15)/t11-/m1/s1. The molecule has 4 heteroatoms. The van der Waals surface area contributed by atoms with E-state index in [0.717, 1.165) is 6.42 Å². The maximum Gasteiger partial charge on any atom is 0.328 e. The van der Waals surface area contributed by atoms with Gasteiger partial charge in [-0.15, -0.1) is 0 Å². The number of nitrogens with one attached hydrogen (secondary N) is 1. The second-order valence-electron chi connectivity index (χ2n) is 3.79. The van der Waals surface area contributed by atoms with Gasteiger partial charge in [0.15, 0.2) is 0 Å². The first-order chi connectivity index (χ1) is 7.15. The van der Waals surface area contributed by atoms with Crippen molar-refractivity contribution in [2.75, 3.05) is 6.54 Å². The summed E-state index contributed by atoms with van der Waals surface area (Å²) < 4.78 is 0. The highest BCUT2D eigenvalue weighted by atomic mass is 16.4. The van der Waals surface area contributed by atoms with E-state index in [1.54, 1.807) is 12.1 Å². The zero-order valence-electron chi connectivity index (χ0n) is 8.23. The molecule has 2 rings (SSSR count). The van der Waals surface area contributed by atoms with Crippen LogP contribution in [-0.2, 0) is 10.3 Å². The molecule has 1 aromatic carbocycles. The lowest BCUT2D eigenvalue weighted by Gasteiger charge is -2.24. The third-order valence-corrected chi connectivity index (χ3v) is 2.88. The highest BCUT2D eigenvalue weighted by molar-refractivity contribution is 5.81.